The highest BCUT2D eigenvalue weighted by atomic mass is 32.1. The van der Waals surface area contributed by atoms with E-state index in [-0.39, 0.29) is 17.9 Å². The van der Waals surface area contributed by atoms with Crippen molar-refractivity contribution >= 4 is 23.2 Å². The van der Waals surface area contributed by atoms with Gasteiger partial charge in [-0.15, -0.1) is 11.3 Å². The predicted octanol–water partition coefficient (Wildman–Crippen LogP) is 4.02. The maximum absolute atomic E-state index is 13.2. The molecule has 1 aromatic carbocycles. The molecule has 0 radical (unpaired) electrons. The smallest absolute Gasteiger partial charge is 0.254 e. The minimum Gasteiger partial charge on any atom is -0.338 e. The molecule has 0 spiro atoms. The van der Waals surface area contributed by atoms with Crippen LogP contribution in [-0.2, 0) is 17.8 Å². The Hall–Kier alpha value is -2.14. The third-order valence-electron chi connectivity index (χ3n) is 5.46. The second-order valence-corrected chi connectivity index (χ2v) is 8.09. The van der Waals surface area contributed by atoms with E-state index in [0.717, 1.165) is 43.5 Å². The van der Waals surface area contributed by atoms with E-state index in [1.54, 1.807) is 11.3 Å². The lowest BCUT2D eigenvalue weighted by molar-refractivity contribution is -0.128. The number of benzene rings is 1. The van der Waals surface area contributed by atoms with Gasteiger partial charge in [0.2, 0.25) is 5.91 Å². The van der Waals surface area contributed by atoms with Crippen molar-refractivity contribution in [3.63, 3.8) is 0 Å². The Morgan fingerprint density at radius 2 is 2.12 bits per heavy atom. The highest BCUT2D eigenvalue weighted by molar-refractivity contribution is 7.10. The van der Waals surface area contributed by atoms with Gasteiger partial charge < -0.3 is 9.80 Å². The normalized spacial score (nSPS) is 19.7. The first-order chi connectivity index (χ1) is 12.7. The third-order valence-corrected chi connectivity index (χ3v) is 6.46. The Kier molecular flexibility index (Phi) is 4.81. The van der Waals surface area contributed by atoms with Crippen molar-refractivity contribution in [2.24, 2.45) is 0 Å². The van der Waals surface area contributed by atoms with Crippen LogP contribution in [0, 0.1) is 0 Å². The maximum atomic E-state index is 13.2. The first-order valence-electron chi connectivity index (χ1n) is 9.41. The number of hydrogen-bond donors (Lipinski definition) is 0. The number of rotatable bonds is 4. The van der Waals surface area contributed by atoms with Gasteiger partial charge in [-0.3, -0.25) is 9.59 Å². The Morgan fingerprint density at radius 1 is 1.23 bits per heavy atom. The zero-order chi connectivity index (χ0) is 18.1. The summed E-state index contributed by atoms with van der Waals surface area (Å²) in [6, 6.07) is 10.1. The zero-order valence-electron chi connectivity index (χ0n) is 15.1. The van der Waals surface area contributed by atoms with Crippen LogP contribution in [0.5, 0.6) is 0 Å². The van der Waals surface area contributed by atoms with E-state index >= 15 is 0 Å². The van der Waals surface area contributed by atoms with Crippen molar-refractivity contribution in [3.05, 3.63) is 57.3 Å². The van der Waals surface area contributed by atoms with Gasteiger partial charge in [0.1, 0.15) is 0 Å². The van der Waals surface area contributed by atoms with Gasteiger partial charge in [-0.1, -0.05) is 19.1 Å². The number of amides is 2. The molecule has 0 bridgehead atoms. The molecule has 1 aromatic heterocycles. The number of thiophene rings is 1. The van der Waals surface area contributed by atoms with Gasteiger partial charge >= 0.3 is 0 Å². The summed E-state index contributed by atoms with van der Waals surface area (Å²) in [5.74, 6) is 0.317. The van der Waals surface area contributed by atoms with Gasteiger partial charge in [-0.25, -0.2) is 0 Å². The molecule has 3 heterocycles. The fraction of sp³-hybridized carbons (Fsp3) is 0.429. The molecule has 1 atom stereocenters. The van der Waals surface area contributed by atoms with Crippen molar-refractivity contribution in [1.29, 1.82) is 0 Å². The van der Waals surface area contributed by atoms with Crippen LogP contribution in [0.3, 0.4) is 0 Å². The first-order valence-corrected chi connectivity index (χ1v) is 10.3. The third kappa shape index (κ3) is 3.16. The van der Waals surface area contributed by atoms with Gasteiger partial charge in [-0.05, 0) is 54.0 Å². The molecule has 2 amide bonds. The number of carbonyl (C=O) groups excluding carboxylic acids is 2. The zero-order valence-corrected chi connectivity index (χ0v) is 15.9. The van der Waals surface area contributed by atoms with E-state index in [1.807, 2.05) is 34.1 Å². The van der Waals surface area contributed by atoms with Gasteiger partial charge in [0, 0.05) is 36.5 Å². The Labute approximate surface area is 158 Å². The molecule has 1 saturated heterocycles. The fourth-order valence-corrected chi connectivity index (χ4v) is 5.07. The molecule has 4 nitrogen and oxygen atoms in total. The van der Waals surface area contributed by atoms with Crippen LogP contribution in [0.25, 0.3) is 0 Å². The highest BCUT2D eigenvalue weighted by Crippen LogP contribution is 2.36. The minimum atomic E-state index is 0.100. The fourth-order valence-electron chi connectivity index (χ4n) is 4.14. The summed E-state index contributed by atoms with van der Waals surface area (Å²) in [6.45, 7) is 4.35. The molecule has 136 valence electrons. The molecule has 4 rings (SSSR count). The Morgan fingerprint density at radius 3 is 2.88 bits per heavy atom. The minimum absolute atomic E-state index is 0.100. The SMILES string of the molecule is CCC1c2ccsc2CCN1C(=O)c1cccc(CN2CCCC2=O)c1. The molecule has 26 heavy (non-hydrogen) atoms. The van der Waals surface area contributed by atoms with Crippen molar-refractivity contribution in [1.82, 2.24) is 9.80 Å². The summed E-state index contributed by atoms with van der Waals surface area (Å²) in [5, 5.41) is 2.13. The van der Waals surface area contributed by atoms with Gasteiger partial charge in [0.05, 0.1) is 6.04 Å². The molecule has 0 aliphatic carbocycles. The number of hydrogen-bond acceptors (Lipinski definition) is 3. The molecule has 1 unspecified atom stereocenters. The molecular formula is C21H24N2O2S. The topological polar surface area (TPSA) is 40.6 Å². The second-order valence-electron chi connectivity index (χ2n) is 7.09. The molecule has 2 aromatic rings. The largest absolute Gasteiger partial charge is 0.338 e. The number of fused-ring (bicyclic) bond motifs is 1. The van der Waals surface area contributed by atoms with Gasteiger partial charge in [0.15, 0.2) is 0 Å². The molecule has 0 N–H and O–H groups in total. The lowest BCUT2D eigenvalue weighted by Crippen LogP contribution is -2.39. The quantitative estimate of drug-likeness (QED) is 0.818. The summed E-state index contributed by atoms with van der Waals surface area (Å²) in [6.07, 6.45) is 3.45. The van der Waals surface area contributed by atoms with Crippen LogP contribution in [0.2, 0.25) is 0 Å². The average Bonchev–Trinajstić information content (AvgIpc) is 3.29. The van der Waals surface area contributed by atoms with Crippen LogP contribution in [-0.4, -0.2) is 34.7 Å². The Bertz CT molecular complexity index is 829. The van der Waals surface area contributed by atoms with Crippen LogP contribution in [0.15, 0.2) is 35.7 Å². The number of nitrogens with zero attached hydrogens (tertiary/aromatic N) is 2. The predicted molar refractivity (Wildman–Crippen MR) is 103 cm³/mol. The van der Waals surface area contributed by atoms with E-state index in [9.17, 15) is 9.59 Å². The van der Waals surface area contributed by atoms with Crippen molar-refractivity contribution in [2.75, 3.05) is 13.1 Å². The van der Waals surface area contributed by atoms with E-state index < -0.39 is 0 Å². The number of likely N-dealkylation sites (tertiary alicyclic amines) is 1. The van der Waals surface area contributed by atoms with E-state index in [1.165, 1.54) is 10.4 Å². The number of carbonyl (C=O) groups is 2. The Balaban J connectivity index is 1.55. The van der Waals surface area contributed by atoms with Crippen molar-refractivity contribution in [3.8, 4) is 0 Å². The van der Waals surface area contributed by atoms with Gasteiger partial charge in [0.25, 0.3) is 5.91 Å². The lowest BCUT2D eigenvalue weighted by Gasteiger charge is -2.35. The van der Waals surface area contributed by atoms with E-state index in [2.05, 4.69) is 18.4 Å². The summed E-state index contributed by atoms with van der Waals surface area (Å²) in [4.78, 5) is 30.4. The summed E-state index contributed by atoms with van der Waals surface area (Å²) >= 11 is 1.80. The van der Waals surface area contributed by atoms with E-state index in [0.29, 0.717) is 13.0 Å². The van der Waals surface area contributed by atoms with Crippen molar-refractivity contribution in [2.45, 2.75) is 45.2 Å². The maximum Gasteiger partial charge on any atom is 0.254 e. The van der Waals surface area contributed by atoms with E-state index in [4.69, 9.17) is 0 Å². The molecule has 5 heteroatoms. The van der Waals surface area contributed by atoms with Crippen LogP contribution < -0.4 is 0 Å². The van der Waals surface area contributed by atoms with Crippen LogP contribution in [0.4, 0.5) is 0 Å². The highest BCUT2D eigenvalue weighted by Gasteiger charge is 2.31. The molecule has 1 fully saturated rings. The first kappa shape index (κ1) is 17.3. The van der Waals surface area contributed by atoms with Crippen molar-refractivity contribution < 1.29 is 9.59 Å². The molecule has 2 aliphatic heterocycles. The summed E-state index contributed by atoms with van der Waals surface area (Å²) < 4.78 is 0. The standard InChI is InChI=1S/C21H24N2O2S/c1-2-18-17-9-12-26-19(17)8-11-23(18)21(25)16-6-3-5-15(13-16)14-22-10-4-7-20(22)24/h3,5-6,9,12-13,18H,2,4,7-8,10-11,14H2,1H3. The average molecular weight is 369 g/mol. The molecule has 2 aliphatic rings. The summed E-state index contributed by atoms with van der Waals surface area (Å²) in [5.41, 5.74) is 3.08. The molecule has 0 saturated carbocycles. The monoisotopic (exact) mass is 368 g/mol. The van der Waals surface area contributed by atoms with Crippen LogP contribution >= 0.6 is 11.3 Å². The van der Waals surface area contributed by atoms with Gasteiger partial charge in [-0.2, -0.15) is 0 Å². The summed E-state index contributed by atoms with van der Waals surface area (Å²) in [7, 11) is 0. The van der Waals surface area contributed by atoms with Crippen LogP contribution in [0.1, 0.15) is 58.6 Å². The second kappa shape index (κ2) is 7.23. The molecular weight excluding hydrogens is 344 g/mol. The lowest BCUT2D eigenvalue weighted by atomic mass is 9.96.